The molecular weight excluding hydrogens is 288 g/mol. The highest BCUT2D eigenvalue weighted by atomic mass is 79.9. The largest absolute Gasteiger partial charge is 0.502 e. The Bertz CT molecular complexity index is 460. The molecule has 1 aromatic rings. The summed E-state index contributed by atoms with van der Waals surface area (Å²) in [6, 6.07) is 2.61. The van der Waals surface area contributed by atoms with Crippen LogP contribution in [0.25, 0.3) is 0 Å². The number of nitrogens with zero attached hydrogens (tertiary/aromatic N) is 1. The van der Waals surface area contributed by atoms with Crippen LogP contribution in [0.15, 0.2) is 16.6 Å². The van der Waals surface area contributed by atoms with Crippen molar-refractivity contribution in [2.75, 3.05) is 0 Å². The molecule has 0 bridgehead atoms. The summed E-state index contributed by atoms with van der Waals surface area (Å²) in [5, 5.41) is 20.7. The maximum atomic E-state index is 10.8. The highest BCUT2D eigenvalue weighted by molar-refractivity contribution is 9.10. The van der Waals surface area contributed by atoms with Crippen molar-refractivity contribution in [3.63, 3.8) is 0 Å². The molecule has 0 heterocycles. The number of nitrogens with two attached hydrogens (primary N) is 1. The minimum Gasteiger partial charge on any atom is -0.502 e. The van der Waals surface area contributed by atoms with Crippen LogP contribution < -0.4 is 5.73 Å². The summed E-state index contributed by atoms with van der Waals surface area (Å²) in [6.07, 6.45) is 3.16. The molecule has 0 radical (unpaired) electrons. The molecule has 0 unspecified atom stereocenters. The van der Waals surface area contributed by atoms with Gasteiger partial charge in [0, 0.05) is 22.1 Å². The van der Waals surface area contributed by atoms with Crippen molar-refractivity contribution in [3.05, 3.63) is 32.3 Å². The third kappa shape index (κ3) is 2.28. The fraction of sp³-hybridized carbons (Fsp3) is 0.455. The average Bonchev–Trinajstić information content (AvgIpc) is 2.17. The number of hydrogen-bond acceptors (Lipinski definition) is 4. The van der Waals surface area contributed by atoms with Gasteiger partial charge in [-0.25, -0.2) is 0 Å². The van der Waals surface area contributed by atoms with E-state index >= 15 is 0 Å². The van der Waals surface area contributed by atoms with E-state index in [0.717, 1.165) is 19.3 Å². The van der Waals surface area contributed by atoms with Crippen LogP contribution in [0.2, 0.25) is 0 Å². The Balaban J connectivity index is 2.41. The van der Waals surface area contributed by atoms with Crippen LogP contribution in [-0.4, -0.2) is 10.0 Å². The van der Waals surface area contributed by atoms with Gasteiger partial charge in [0.1, 0.15) is 0 Å². The number of rotatable bonds is 3. The molecule has 1 aliphatic rings. The van der Waals surface area contributed by atoms with E-state index in [1.807, 2.05) is 0 Å². The molecule has 1 atom stereocenters. The van der Waals surface area contributed by atoms with Crippen molar-refractivity contribution in [3.8, 4) is 5.75 Å². The van der Waals surface area contributed by atoms with Gasteiger partial charge in [0.2, 0.25) is 0 Å². The maximum Gasteiger partial charge on any atom is 0.312 e. The molecule has 3 N–H and O–H groups in total. The Kier molecular flexibility index (Phi) is 3.35. The molecule has 1 saturated carbocycles. The first-order valence-corrected chi connectivity index (χ1v) is 6.22. The topological polar surface area (TPSA) is 89.4 Å². The molecule has 0 amide bonds. The van der Waals surface area contributed by atoms with Crippen LogP contribution in [0.5, 0.6) is 5.75 Å². The van der Waals surface area contributed by atoms with Crippen molar-refractivity contribution < 1.29 is 10.0 Å². The van der Waals surface area contributed by atoms with E-state index in [1.165, 1.54) is 6.07 Å². The monoisotopic (exact) mass is 300 g/mol. The number of phenols is 1. The smallest absolute Gasteiger partial charge is 0.312 e. The molecule has 2 rings (SSSR count). The van der Waals surface area contributed by atoms with E-state index in [0.29, 0.717) is 16.0 Å². The minimum absolute atomic E-state index is 0.302. The lowest BCUT2D eigenvalue weighted by molar-refractivity contribution is -0.386. The summed E-state index contributed by atoms with van der Waals surface area (Å²) in [7, 11) is 0. The van der Waals surface area contributed by atoms with Gasteiger partial charge in [0.05, 0.1) is 4.92 Å². The third-order valence-corrected chi connectivity index (χ3v) is 3.76. The number of benzene rings is 1. The first-order chi connectivity index (χ1) is 8.00. The second-order valence-corrected chi connectivity index (χ2v) is 5.25. The number of halogens is 1. The molecule has 17 heavy (non-hydrogen) atoms. The second-order valence-electron chi connectivity index (χ2n) is 4.34. The molecular formula is C11H13BrN2O3. The Morgan fingerprint density at radius 2 is 2.18 bits per heavy atom. The van der Waals surface area contributed by atoms with Crippen molar-refractivity contribution >= 4 is 21.6 Å². The summed E-state index contributed by atoms with van der Waals surface area (Å²) in [4.78, 5) is 10.2. The van der Waals surface area contributed by atoms with Gasteiger partial charge < -0.3 is 10.8 Å². The number of nitro groups is 1. The summed E-state index contributed by atoms with van der Waals surface area (Å²) in [5.41, 5.74) is 6.19. The maximum absolute atomic E-state index is 10.8. The zero-order valence-electron chi connectivity index (χ0n) is 9.10. The van der Waals surface area contributed by atoms with E-state index in [1.54, 1.807) is 6.07 Å². The lowest BCUT2D eigenvalue weighted by Crippen LogP contribution is -2.27. The first kappa shape index (κ1) is 12.3. The summed E-state index contributed by atoms with van der Waals surface area (Å²) < 4.78 is 0.562. The molecule has 0 saturated heterocycles. The van der Waals surface area contributed by atoms with Gasteiger partial charge in [-0.3, -0.25) is 10.1 Å². The van der Waals surface area contributed by atoms with Crippen molar-refractivity contribution in [1.82, 2.24) is 0 Å². The molecule has 0 aromatic heterocycles. The molecule has 1 aromatic carbocycles. The van der Waals surface area contributed by atoms with E-state index in [4.69, 9.17) is 5.73 Å². The molecule has 0 spiro atoms. The third-order valence-electron chi connectivity index (χ3n) is 3.30. The fourth-order valence-corrected chi connectivity index (χ4v) is 2.52. The Labute approximate surface area is 107 Å². The highest BCUT2D eigenvalue weighted by Crippen LogP contribution is 2.43. The van der Waals surface area contributed by atoms with Gasteiger partial charge in [0.15, 0.2) is 5.75 Å². The summed E-state index contributed by atoms with van der Waals surface area (Å²) >= 11 is 3.20. The van der Waals surface area contributed by atoms with Gasteiger partial charge in [0.25, 0.3) is 0 Å². The van der Waals surface area contributed by atoms with Crippen LogP contribution in [0.4, 0.5) is 5.69 Å². The summed E-state index contributed by atoms with van der Waals surface area (Å²) in [5.74, 6) is 0.00686. The van der Waals surface area contributed by atoms with Gasteiger partial charge >= 0.3 is 5.69 Å². The Morgan fingerprint density at radius 1 is 1.53 bits per heavy atom. The van der Waals surface area contributed by atoms with Crippen LogP contribution in [0.3, 0.4) is 0 Å². The Hall–Kier alpha value is -1.14. The number of aromatic hydroxyl groups is 1. The van der Waals surface area contributed by atoms with Gasteiger partial charge in [-0.05, 0) is 24.8 Å². The van der Waals surface area contributed by atoms with Gasteiger partial charge in [-0.1, -0.05) is 22.4 Å². The highest BCUT2D eigenvalue weighted by Gasteiger charge is 2.30. The van der Waals surface area contributed by atoms with Crippen LogP contribution in [-0.2, 0) is 0 Å². The first-order valence-electron chi connectivity index (χ1n) is 5.43. The van der Waals surface area contributed by atoms with Crippen LogP contribution in [0, 0.1) is 16.0 Å². The average molecular weight is 301 g/mol. The van der Waals surface area contributed by atoms with E-state index in [9.17, 15) is 15.2 Å². The van der Waals surface area contributed by atoms with Crippen LogP contribution in [0.1, 0.15) is 30.9 Å². The second kappa shape index (κ2) is 4.62. The zero-order valence-corrected chi connectivity index (χ0v) is 10.7. The van der Waals surface area contributed by atoms with E-state index in [2.05, 4.69) is 15.9 Å². The molecule has 6 heteroatoms. The number of hydrogen-bond donors (Lipinski definition) is 2. The molecule has 92 valence electrons. The van der Waals surface area contributed by atoms with E-state index in [-0.39, 0.29) is 17.5 Å². The lowest BCUT2D eigenvalue weighted by atomic mass is 9.77. The number of nitro benzene ring substituents is 1. The van der Waals surface area contributed by atoms with E-state index < -0.39 is 4.92 Å². The quantitative estimate of drug-likeness (QED) is 0.663. The van der Waals surface area contributed by atoms with Gasteiger partial charge in [-0.15, -0.1) is 0 Å². The van der Waals surface area contributed by atoms with Gasteiger partial charge in [-0.2, -0.15) is 0 Å². The lowest BCUT2D eigenvalue weighted by Gasteiger charge is -2.31. The zero-order chi connectivity index (χ0) is 12.6. The predicted molar refractivity (Wildman–Crippen MR) is 66.7 cm³/mol. The van der Waals surface area contributed by atoms with Crippen molar-refractivity contribution in [2.45, 2.75) is 25.3 Å². The standard InChI is InChI=1S/C11H13BrN2O3/c12-7-4-8(10(13)6-2-1-3-6)11(15)9(5-7)14(16)17/h4-6,10,15H,1-3,13H2/t10-/m1/s1. The fourth-order valence-electron chi connectivity index (χ4n) is 2.05. The predicted octanol–water partition coefficient (Wildman–Crippen LogP) is 2.86. The Morgan fingerprint density at radius 3 is 2.65 bits per heavy atom. The summed E-state index contributed by atoms with van der Waals surface area (Å²) in [6.45, 7) is 0. The van der Waals surface area contributed by atoms with Crippen molar-refractivity contribution in [1.29, 1.82) is 0 Å². The molecule has 5 nitrogen and oxygen atoms in total. The molecule has 0 aliphatic heterocycles. The molecule has 1 aliphatic carbocycles. The number of phenolic OH excluding ortho intramolecular Hbond substituents is 1. The van der Waals surface area contributed by atoms with Crippen molar-refractivity contribution in [2.24, 2.45) is 11.7 Å². The normalized spacial score (nSPS) is 17.5. The molecule has 1 fully saturated rings. The minimum atomic E-state index is -0.600. The van der Waals surface area contributed by atoms with Crippen LogP contribution >= 0.6 is 15.9 Å². The SMILES string of the molecule is N[C@@H](c1cc(Br)cc([N+](=O)[O-])c1O)C1CCC1.